The van der Waals surface area contributed by atoms with E-state index < -0.39 is 0 Å². The minimum Gasteiger partial charge on any atom is -0.399 e. The van der Waals surface area contributed by atoms with Gasteiger partial charge in [0.25, 0.3) is 0 Å². The third-order valence-electron chi connectivity index (χ3n) is 3.46. The molecule has 0 aromatic rings. The van der Waals surface area contributed by atoms with Crippen molar-refractivity contribution in [1.29, 1.82) is 0 Å². The van der Waals surface area contributed by atoms with Gasteiger partial charge in [-0.2, -0.15) is 0 Å². The topological polar surface area (TPSA) is 56.5 Å². The van der Waals surface area contributed by atoms with Crippen LogP contribution in [0.2, 0.25) is 0 Å². The zero-order valence-corrected chi connectivity index (χ0v) is 10.3. The van der Waals surface area contributed by atoms with E-state index in [4.69, 9.17) is 15.0 Å². The van der Waals surface area contributed by atoms with Gasteiger partial charge in [0, 0.05) is 0 Å². The quantitative estimate of drug-likeness (QED) is 0.648. The Balaban J connectivity index is 2.18. The SMILES string of the molecule is CC1(C)OB(C2=CC(N)NC=C2)OC1(C)C. The molecule has 1 fully saturated rings. The van der Waals surface area contributed by atoms with Gasteiger partial charge in [-0.1, -0.05) is 0 Å². The van der Waals surface area contributed by atoms with Gasteiger partial charge in [-0.15, -0.1) is 0 Å². The molecule has 0 aliphatic carbocycles. The number of hydrogen-bond acceptors (Lipinski definition) is 4. The van der Waals surface area contributed by atoms with Crippen molar-refractivity contribution in [2.75, 3.05) is 0 Å². The predicted octanol–water partition coefficient (Wildman–Crippen LogP) is 0.946. The Morgan fingerprint density at radius 2 is 1.81 bits per heavy atom. The molecule has 0 aromatic carbocycles. The van der Waals surface area contributed by atoms with Crippen LogP contribution in [0.1, 0.15) is 27.7 Å². The van der Waals surface area contributed by atoms with Crippen molar-refractivity contribution in [3.8, 4) is 0 Å². The van der Waals surface area contributed by atoms with Crippen molar-refractivity contribution in [1.82, 2.24) is 5.32 Å². The third-order valence-corrected chi connectivity index (χ3v) is 3.46. The largest absolute Gasteiger partial charge is 0.494 e. The minimum atomic E-state index is -0.325. The van der Waals surface area contributed by atoms with Crippen molar-refractivity contribution in [2.24, 2.45) is 5.73 Å². The summed E-state index contributed by atoms with van der Waals surface area (Å²) in [6.07, 6.45) is 5.51. The Bertz CT molecular complexity index is 334. The molecule has 0 amide bonds. The van der Waals surface area contributed by atoms with Gasteiger partial charge in [-0.05, 0) is 51.5 Å². The van der Waals surface area contributed by atoms with Crippen LogP contribution in [0.3, 0.4) is 0 Å². The molecule has 3 N–H and O–H groups in total. The molecule has 5 heteroatoms. The molecule has 16 heavy (non-hydrogen) atoms. The highest BCUT2D eigenvalue weighted by Gasteiger charge is 2.52. The second-order valence-corrected chi connectivity index (χ2v) is 5.28. The number of rotatable bonds is 1. The third kappa shape index (κ3) is 1.90. The summed E-state index contributed by atoms with van der Waals surface area (Å²) in [6, 6.07) is 0. The maximum atomic E-state index is 5.93. The molecule has 0 aromatic heterocycles. The van der Waals surface area contributed by atoms with Crippen LogP contribution in [0, 0.1) is 0 Å². The normalized spacial score (nSPS) is 31.2. The first-order valence-electron chi connectivity index (χ1n) is 5.57. The van der Waals surface area contributed by atoms with Crippen molar-refractivity contribution in [3.63, 3.8) is 0 Å². The van der Waals surface area contributed by atoms with Crippen LogP contribution in [0.15, 0.2) is 23.8 Å². The highest BCUT2D eigenvalue weighted by atomic mass is 16.7. The molecule has 2 aliphatic heterocycles. The van der Waals surface area contributed by atoms with Gasteiger partial charge in [-0.3, -0.25) is 0 Å². The van der Waals surface area contributed by atoms with Gasteiger partial charge in [0.15, 0.2) is 0 Å². The molecular formula is C11H19BN2O2. The van der Waals surface area contributed by atoms with E-state index in [1.165, 1.54) is 0 Å². The number of nitrogens with one attached hydrogen (secondary N) is 1. The fraction of sp³-hybridized carbons (Fsp3) is 0.636. The summed E-state index contributed by atoms with van der Waals surface area (Å²) in [6.45, 7) is 8.16. The molecule has 0 radical (unpaired) electrons. The van der Waals surface area contributed by atoms with Gasteiger partial charge in [0.2, 0.25) is 0 Å². The van der Waals surface area contributed by atoms with E-state index in [0.29, 0.717) is 0 Å². The van der Waals surface area contributed by atoms with Crippen molar-refractivity contribution in [2.45, 2.75) is 45.1 Å². The van der Waals surface area contributed by atoms with E-state index in [0.717, 1.165) is 5.47 Å². The lowest BCUT2D eigenvalue weighted by Gasteiger charge is -2.32. The monoisotopic (exact) mass is 222 g/mol. The summed E-state index contributed by atoms with van der Waals surface area (Å²) < 4.78 is 11.9. The Morgan fingerprint density at radius 3 is 2.31 bits per heavy atom. The molecule has 0 spiro atoms. The van der Waals surface area contributed by atoms with Crippen molar-refractivity contribution in [3.05, 3.63) is 23.8 Å². The summed E-state index contributed by atoms with van der Waals surface area (Å²) in [5.41, 5.74) is 6.15. The van der Waals surface area contributed by atoms with Crippen molar-refractivity contribution >= 4 is 7.12 Å². The Hall–Kier alpha value is -0.775. The smallest absolute Gasteiger partial charge is 0.399 e. The van der Waals surface area contributed by atoms with E-state index in [1.54, 1.807) is 0 Å². The van der Waals surface area contributed by atoms with E-state index in [9.17, 15) is 0 Å². The van der Waals surface area contributed by atoms with Gasteiger partial charge >= 0.3 is 7.12 Å². The molecule has 2 aliphatic rings. The Labute approximate surface area is 97.0 Å². The summed E-state index contributed by atoms with van der Waals surface area (Å²) in [5, 5.41) is 2.99. The maximum absolute atomic E-state index is 5.93. The zero-order chi connectivity index (χ0) is 12.0. The Kier molecular flexibility index (Phi) is 2.65. The first-order chi connectivity index (χ1) is 7.32. The fourth-order valence-electron chi connectivity index (χ4n) is 1.70. The van der Waals surface area contributed by atoms with Crippen LogP contribution in [-0.4, -0.2) is 24.5 Å². The lowest BCUT2D eigenvalue weighted by Crippen LogP contribution is -2.41. The summed E-state index contributed by atoms with van der Waals surface area (Å²) in [5.74, 6) is 0. The summed E-state index contributed by atoms with van der Waals surface area (Å²) >= 11 is 0. The molecule has 1 saturated heterocycles. The first-order valence-corrected chi connectivity index (χ1v) is 5.57. The Morgan fingerprint density at radius 1 is 1.25 bits per heavy atom. The fourth-order valence-corrected chi connectivity index (χ4v) is 1.70. The number of hydrogen-bond donors (Lipinski definition) is 2. The number of allylic oxidation sites excluding steroid dienone is 2. The van der Waals surface area contributed by atoms with E-state index in [-0.39, 0.29) is 24.5 Å². The standard InChI is InChI=1S/C11H19BN2O2/c1-10(2)11(3,4)16-12(15-10)8-5-6-14-9(13)7-8/h5-7,9,14H,13H2,1-4H3. The second kappa shape index (κ2) is 3.62. The van der Waals surface area contributed by atoms with Crippen LogP contribution in [0.4, 0.5) is 0 Å². The van der Waals surface area contributed by atoms with Crippen LogP contribution >= 0.6 is 0 Å². The summed E-state index contributed by atoms with van der Waals surface area (Å²) in [7, 11) is -0.325. The van der Waals surface area contributed by atoms with E-state index >= 15 is 0 Å². The van der Waals surface area contributed by atoms with Gasteiger partial charge in [-0.25, -0.2) is 0 Å². The maximum Gasteiger partial charge on any atom is 0.494 e. The van der Waals surface area contributed by atoms with Crippen LogP contribution in [0.5, 0.6) is 0 Å². The first kappa shape index (κ1) is 11.7. The lowest BCUT2D eigenvalue weighted by atomic mass is 9.77. The lowest BCUT2D eigenvalue weighted by molar-refractivity contribution is 0.00578. The molecule has 4 nitrogen and oxygen atoms in total. The molecule has 88 valence electrons. The predicted molar refractivity (Wildman–Crippen MR) is 64.4 cm³/mol. The molecule has 2 heterocycles. The van der Waals surface area contributed by atoms with Crippen LogP contribution in [-0.2, 0) is 9.31 Å². The average molecular weight is 222 g/mol. The molecule has 1 atom stereocenters. The highest BCUT2D eigenvalue weighted by molar-refractivity contribution is 6.55. The summed E-state index contributed by atoms with van der Waals surface area (Å²) in [4.78, 5) is 0. The highest BCUT2D eigenvalue weighted by Crippen LogP contribution is 2.38. The molecular weight excluding hydrogens is 203 g/mol. The van der Waals surface area contributed by atoms with Crippen molar-refractivity contribution < 1.29 is 9.31 Å². The van der Waals surface area contributed by atoms with Gasteiger partial charge in [0.1, 0.15) is 0 Å². The molecule has 1 unspecified atom stereocenters. The average Bonchev–Trinajstić information content (AvgIpc) is 2.36. The van der Waals surface area contributed by atoms with Gasteiger partial charge in [0.05, 0.1) is 17.4 Å². The van der Waals surface area contributed by atoms with E-state index in [1.807, 2.05) is 46.0 Å². The molecule has 2 rings (SSSR count). The minimum absolute atomic E-state index is 0.168. The van der Waals surface area contributed by atoms with Gasteiger partial charge < -0.3 is 20.4 Å². The number of dihydropyridines is 1. The second-order valence-electron chi connectivity index (χ2n) is 5.28. The molecule has 0 bridgehead atoms. The zero-order valence-electron chi connectivity index (χ0n) is 10.3. The number of nitrogens with two attached hydrogens (primary N) is 1. The van der Waals surface area contributed by atoms with Crippen LogP contribution in [0.25, 0.3) is 0 Å². The van der Waals surface area contributed by atoms with E-state index in [2.05, 4.69) is 5.32 Å². The molecule has 0 saturated carbocycles. The van der Waals surface area contributed by atoms with Crippen LogP contribution < -0.4 is 11.1 Å².